The summed E-state index contributed by atoms with van der Waals surface area (Å²) in [5.41, 5.74) is 2.12. The van der Waals surface area contributed by atoms with E-state index in [2.05, 4.69) is 10.2 Å². The molecule has 1 atom stereocenters. The van der Waals surface area contributed by atoms with E-state index < -0.39 is 18.1 Å². The Morgan fingerprint density at radius 2 is 1.93 bits per heavy atom. The maximum atomic E-state index is 12.4. The predicted octanol–water partition coefficient (Wildman–Crippen LogP) is 4.40. The molecule has 0 aliphatic carbocycles. The Kier molecular flexibility index (Phi) is 5.47. The summed E-state index contributed by atoms with van der Waals surface area (Å²) in [4.78, 5) is 31.1. The summed E-state index contributed by atoms with van der Waals surface area (Å²) in [6, 6.07) is 14.7. The molecule has 2 aromatic carbocycles. The number of aliphatic hydroxyl groups excluding tert-OH is 1. The van der Waals surface area contributed by atoms with E-state index in [0.717, 1.165) is 26.5 Å². The maximum Gasteiger partial charge on any atom is 0.363 e. The molecule has 2 heterocycles. The number of benzene rings is 2. The Morgan fingerprint density at radius 3 is 2.60 bits per heavy atom. The van der Waals surface area contributed by atoms with Crippen LogP contribution < -0.4 is 4.90 Å². The second-order valence-electron chi connectivity index (χ2n) is 7.07. The van der Waals surface area contributed by atoms with Crippen LogP contribution in [0, 0.1) is 0 Å². The topological polar surface area (TPSA) is 94.8 Å². The minimum absolute atomic E-state index is 0.157. The molecule has 0 radical (unpaired) electrons. The zero-order valence-corrected chi connectivity index (χ0v) is 17.3. The summed E-state index contributed by atoms with van der Waals surface area (Å²) >= 11 is 1.45. The van der Waals surface area contributed by atoms with Gasteiger partial charge in [-0.1, -0.05) is 0 Å². The fraction of sp³-hybridized carbons (Fsp3) is 0.238. The smallest absolute Gasteiger partial charge is 0.363 e. The van der Waals surface area contributed by atoms with Crippen LogP contribution in [0.25, 0.3) is 10.1 Å². The number of amides is 1. The first kappa shape index (κ1) is 20.0. The van der Waals surface area contributed by atoms with Gasteiger partial charge in [0.05, 0.1) is 11.3 Å². The molecule has 0 saturated carbocycles. The first-order valence-electron chi connectivity index (χ1n) is 9.36. The lowest BCUT2D eigenvalue weighted by molar-refractivity contribution is -0.191. The van der Waals surface area contributed by atoms with Crippen LogP contribution in [0.2, 0.25) is 0 Å². The monoisotopic (exact) mass is 424 g/mol. The molecule has 1 amide bonds. The lowest BCUT2D eigenvalue weighted by atomic mass is 10.2. The average Bonchev–Trinajstić information content (AvgIpc) is 3.29. The highest BCUT2D eigenvalue weighted by atomic mass is 32.1. The molecular weight excluding hydrogens is 404 g/mol. The zero-order valence-electron chi connectivity index (χ0n) is 16.5. The Hall–Kier alpha value is -3.30. The third-order valence-electron chi connectivity index (χ3n) is 4.68. The standard InChI is InChI=1S/C21H20N4O4S/c1-24(2)16-6-4-15(5-7-16)22-23-18-12-14-11-13(3-8-17(14)30-18)21(28)29-25-19(26)9-10-20(25)27/h3-8,11-12,19,26H,9-10H2,1-2H3. The highest BCUT2D eigenvalue weighted by Crippen LogP contribution is 2.34. The van der Waals surface area contributed by atoms with Crippen molar-refractivity contribution in [3.8, 4) is 0 Å². The molecule has 0 spiro atoms. The molecular formula is C21H20N4O4S. The number of anilines is 1. The van der Waals surface area contributed by atoms with E-state index in [1.807, 2.05) is 49.3 Å². The van der Waals surface area contributed by atoms with Crippen LogP contribution in [0.15, 0.2) is 58.8 Å². The summed E-state index contributed by atoms with van der Waals surface area (Å²) in [6.45, 7) is 0. The molecule has 1 aliphatic rings. The number of aliphatic hydroxyl groups is 1. The van der Waals surface area contributed by atoms with Crippen LogP contribution in [-0.4, -0.2) is 42.4 Å². The second-order valence-corrected chi connectivity index (χ2v) is 8.13. The van der Waals surface area contributed by atoms with Gasteiger partial charge < -0.3 is 14.8 Å². The fourth-order valence-corrected chi connectivity index (χ4v) is 3.89. The Labute approximate surface area is 177 Å². The predicted molar refractivity (Wildman–Crippen MR) is 114 cm³/mol. The van der Waals surface area contributed by atoms with Crippen LogP contribution in [0.5, 0.6) is 0 Å². The minimum Gasteiger partial charge on any atom is -0.378 e. The summed E-state index contributed by atoms with van der Waals surface area (Å²) in [5.74, 6) is -1.10. The number of azo groups is 1. The lowest BCUT2D eigenvalue weighted by Gasteiger charge is -2.18. The molecule has 1 aliphatic heterocycles. The molecule has 4 rings (SSSR count). The van der Waals surface area contributed by atoms with Crippen molar-refractivity contribution in [1.29, 1.82) is 0 Å². The van der Waals surface area contributed by atoms with Crippen LogP contribution in [0.4, 0.5) is 16.4 Å². The van der Waals surface area contributed by atoms with Crippen molar-refractivity contribution in [2.45, 2.75) is 19.1 Å². The number of hydroxylamine groups is 2. The molecule has 3 aromatic rings. The van der Waals surface area contributed by atoms with E-state index in [0.29, 0.717) is 5.00 Å². The van der Waals surface area contributed by atoms with Crippen molar-refractivity contribution in [1.82, 2.24) is 5.06 Å². The van der Waals surface area contributed by atoms with Crippen molar-refractivity contribution in [2.24, 2.45) is 10.2 Å². The Balaban J connectivity index is 1.49. The third-order valence-corrected chi connectivity index (χ3v) is 5.68. The van der Waals surface area contributed by atoms with Gasteiger partial charge in [0.15, 0.2) is 6.23 Å². The molecule has 8 nitrogen and oxygen atoms in total. The van der Waals surface area contributed by atoms with Gasteiger partial charge in [0.25, 0.3) is 5.91 Å². The Bertz CT molecular complexity index is 1120. The third kappa shape index (κ3) is 4.17. The van der Waals surface area contributed by atoms with Crippen LogP contribution in [-0.2, 0) is 9.63 Å². The largest absolute Gasteiger partial charge is 0.378 e. The maximum absolute atomic E-state index is 12.4. The number of fused-ring (bicyclic) bond motifs is 1. The number of hydrogen-bond acceptors (Lipinski definition) is 8. The second kappa shape index (κ2) is 8.21. The number of carbonyl (C=O) groups is 2. The summed E-state index contributed by atoms with van der Waals surface area (Å²) in [7, 11) is 3.95. The normalized spacial score (nSPS) is 16.6. The van der Waals surface area contributed by atoms with Gasteiger partial charge in [0.1, 0.15) is 5.00 Å². The highest BCUT2D eigenvalue weighted by Gasteiger charge is 2.33. The van der Waals surface area contributed by atoms with Crippen molar-refractivity contribution in [3.63, 3.8) is 0 Å². The molecule has 1 saturated heterocycles. The molecule has 9 heteroatoms. The number of hydrogen-bond donors (Lipinski definition) is 1. The summed E-state index contributed by atoms with van der Waals surface area (Å²) < 4.78 is 0.945. The lowest BCUT2D eigenvalue weighted by Crippen LogP contribution is -2.35. The van der Waals surface area contributed by atoms with Gasteiger partial charge in [-0.2, -0.15) is 0 Å². The Morgan fingerprint density at radius 1 is 1.17 bits per heavy atom. The molecule has 0 bridgehead atoms. The van der Waals surface area contributed by atoms with Gasteiger partial charge in [-0.15, -0.1) is 26.6 Å². The number of rotatable bonds is 5. The van der Waals surface area contributed by atoms with Crippen molar-refractivity contribution < 1.29 is 19.5 Å². The van der Waals surface area contributed by atoms with Crippen LogP contribution >= 0.6 is 11.3 Å². The van der Waals surface area contributed by atoms with E-state index >= 15 is 0 Å². The highest BCUT2D eigenvalue weighted by molar-refractivity contribution is 7.22. The molecule has 30 heavy (non-hydrogen) atoms. The van der Waals surface area contributed by atoms with E-state index in [9.17, 15) is 14.7 Å². The van der Waals surface area contributed by atoms with Crippen molar-refractivity contribution in [3.05, 3.63) is 54.1 Å². The number of nitrogens with zero attached hydrogens (tertiary/aromatic N) is 4. The van der Waals surface area contributed by atoms with Gasteiger partial charge in [-0.3, -0.25) is 4.79 Å². The summed E-state index contributed by atoms with van der Waals surface area (Å²) in [6.07, 6.45) is -0.684. The van der Waals surface area contributed by atoms with Gasteiger partial charge in [0, 0.05) is 37.3 Å². The quantitative estimate of drug-likeness (QED) is 0.613. The van der Waals surface area contributed by atoms with Crippen molar-refractivity contribution in [2.75, 3.05) is 19.0 Å². The molecule has 1 N–H and O–H groups in total. The first-order chi connectivity index (χ1) is 14.4. The zero-order chi connectivity index (χ0) is 21.3. The average molecular weight is 424 g/mol. The number of thiophene rings is 1. The van der Waals surface area contributed by atoms with Crippen LogP contribution in [0.1, 0.15) is 23.2 Å². The van der Waals surface area contributed by atoms with Gasteiger partial charge >= 0.3 is 5.97 Å². The van der Waals surface area contributed by atoms with Crippen LogP contribution in [0.3, 0.4) is 0 Å². The van der Waals surface area contributed by atoms with E-state index in [1.165, 1.54) is 11.3 Å². The molecule has 1 fully saturated rings. The van der Waals surface area contributed by atoms with Gasteiger partial charge in [0.2, 0.25) is 0 Å². The SMILES string of the molecule is CN(C)c1ccc(N=Nc2cc3cc(C(=O)ON4C(=O)CCC4O)ccc3s2)cc1. The van der Waals surface area contributed by atoms with E-state index in [1.54, 1.807) is 18.2 Å². The van der Waals surface area contributed by atoms with Gasteiger partial charge in [-0.05, 0) is 53.9 Å². The fourth-order valence-electron chi connectivity index (χ4n) is 3.03. The minimum atomic E-state index is -1.09. The van der Waals surface area contributed by atoms with Gasteiger partial charge in [-0.25, -0.2) is 4.79 Å². The van der Waals surface area contributed by atoms with E-state index in [4.69, 9.17) is 4.84 Å². The van der Waals surface area contributed by atoms with E-state index in [-0.39, 0.29) is 18.4 Å². The van der Waals surface area contributed by atoms with Crippen molar-refractivity contribution >= 4 is 49.7 Å². The molecule has 1 unspecified atom stereocenters. The summed E-state index contributed by atoms with van der Waals surface area (Å²) in [5, 5.41) is 20.6. The first-order valence-corrected chi connectivity index (χ1v) is 10.2. The molecule has 1 aromatic heterocycles. The molecule has 154 valence electrons. The number of carbonyl (C=O) groups excluding carboxylic acids is 2.